The molecule has 0 bridgehead atoms. The predicted octanol–water partition coefficient (Wildman–Crippen LogP) is 3.58. The fourth-order valence-corrected chi connectivity index (χ4v) is 2.44. The van der Waals surface area contributed by atoms with E-state index in [0.717, 1.165) is 17.7 Å². The first-order valence-electron chi connectivity index (χ1n) is 8.20. The molecule has 0 aliphatic carbocycles. The van der Waals surface area contributed by atoms with Crippen LogP contribution in [-0.2, 0) is 6.54 Å². The normalized spacial score (nSPS) is 14.4. The average molecular weight is 324 g/mol. The maximum Gasteiger partial charge on any atom is 0.181 e. The number of aliphatic hydroxyl groups excluding tert-OH is 1. The van der Waals surface area contributed by atoms with Gasteiger partial charge in [-0.3, -0.25) is 0 Å². The molecule has 0 spiro atoms. The summed E-state index contributed by atoms with van der Waals surface area (Å²) in [5.41, 5.74) is 2.08. The summed E-state index contributed by atoms with van der Waals surface area (Å²) in [5, 5.41) is 22.4. The fourth-order valence-electron chi connectivity index (χ4n) is 2.44. The van der Waals surface area contributed by atoms with E-state index in [4.69, 9.17) is 10.00 Å². The van der Waals surface area contributed by atoms with E-state index < -0.39 is 12.2 Å². The van der Waals surface area contributed by atoms with Crippen LogP contribution >= 0.6 is 0 Å². The predicted molar refractivity (Wildman–Crippen MR) is 94.5 cm³/mol. The SMILES string of the molecule is CC(CC(O)c1ccccc1)NCc1ccc(OC(C)C#N)cc1. The number of nitriles is 1. The molecule has 0 saturated carbocycles. The Balaban J connectivity index is 1.79. The lowest BCUT2D eigenvalue weighted by atomic mass is 10.0. The quantitative estimate of drug-likeness (QED) is 0.779. The highest BCUT2D eigenvalue weighted by Crippen LogP contribution is 2.18. The molecule has 0 aliphatic rings. The molecule has 4 heteroatoms. The summed E-state index contributed by atoms with van der Waals surface area (Å²) in [6.45, 7) is 4.50. The molecule has 2 rings (SSSR count). The molecule has 2 N–H and O–H groups in total. The van der Waals surface area contributed by atoms with E-state index in [0.29, 0.717) is 12.2 Å². The summed E-state index contributed by atoms with van der Waals surface area (Å²) >= 11 is 0. The van der Waals surface area contributed by atoms with Gasteiger partial charge in [0.25, 0.3) is 0 Å². The monoisotopic (exact) mass is 324 g/mol. The summed E-state index contributed by atoms with van der Waals surface area (Å²) in [5.74, 6) is 0.695. The Bertz CT molecular complexity index is 650. The topological polar surface area (TPSA) is 65.3 Å². The second kappa shape index (κ2) is 9.07. The van der Waals surface area contributed by atoms with Gasteiger partial charge in [-0.1, -0.05) is 42.5 Å². The van der Waals surface area contributed by atoms with E-state index in [1.54, 1.807) is 6.92 Å². The third-order valence-electron chi connectivity index (χ3n) is 3.83. The molecule has 0 aromatic heterocycles. The largest absolute Gasteiger partial charge is 0.476 e. The second-order valence-corrected chi connectivity index (χ2v) is 5.98. The van der Waals surface area contributed by atoms with Gasteiger partial charge in [0.05, 0.1) is 6.10 Å². The van der Waals surface area contributed by atoms with Crippen LogP contribution in [0, 0.1) is 11.3 Å². The van der Waals surface area contributed by atoms with Crippen molar-refractivity contribution in [3.05, 3.63) is 65.7 Å². The molecule has 3 atom stereocenters. The first kappa shape index (κ1) is 18.0. The Morgan fingerprint density at radius 3 is 2.38 bits per heavy atom. The molecule has 126 valence electrons. The minimum atomic E-state index is -0.461. The summed E-state index contributed by atoms with van der Waals surface area (Å²) in [6, 6.07) is 19.6. The number of nitrogens with one attached hydrogen (secondary N) is 1. The Morgan fingerprint density at radius 1 is 1.08 bits per heavy atom. The van der Waals surface area contributed by atoms with Gasteiger partial charge in [0.1, 0.15) is 11.8 Å². The van der Waals surface area contributed by atoms with Crippen molar-refractivity contribution in [2.45, 2.75) is 45.1 Å². The van der Waals surface area contributed by atoms with E-state index in [9.17, 15) is 5.11 Å². The summed E-state index contributed by atoms with van der Waals surface area (Å²) in [7, 11) is 0. The molecule has 24 heavy (non-hydrogen) atoms. The van der Waals surface area contributed by atoms with Crippen LogP contribution in [0.4, 0.5) is 0 Å². The molecule has 0 aliphatic heterocycles. The molecule has 2 aromatic carbocycles. The fraction of sp³-hybridized carbons (Fsp3) is 0.350. The lowest BCUT2D eigenvalue weighted by Crippen LogP contribution is -2.27. The van der Waals surface area contributed by atoms with Gasteiger partial charge in [0.2, 0.25) is 0 Å². The highest BCUT2D eigenvalue weighted by atomic mass is 16.5. The van der Waals surface area contributed by atoms with Gasteiger partial charge < -0.3 is 15.2 Å². The number of nitrogens with zero attached hydrogens (tertiary/aromatic N) is 1. The van der Waals surface area contributed by atoms with E-state index in [1.807, 2.05) is 60.7 Å². The molecule has 0 fully saturated rings. The van der Waals surface area contributed by atoms with Crippen LogP contribution in [0.5, 0.6) is 5.75 Å². The molecule has 3 unspecified atom stereocenters. The van der Waals surface area contributed by atoms with Gasteiger partial charge in [-0.2, -0.15) is 5.26 Å². The number of hydrogen-bond acceptors (Lipinski definition) is 4. The van der Waals surface area contributed by atoms with Gasteiger partial charge in [-0.05, 0) is 43.5 Å². The highest BCUT2D eigenvalue weighted by molar-refractivity contribution is 5.27. The van der Waals surface area contributed by atoms with Crippen LogP contribution in [-0.4, -0.2) is 17.3 Å². The summed E-state index contributed by atoms with van der Waals surface area (Å²) in [6.07, 6.45) is -0.254. The van der Waals surface area contributed by atoms with Crippen LogP contribution in [0.3, 0.4) is 0 Å². The van der Waals surface area contributed by atoms with Crippen LogP contribution in [0.2, 0.25) is 0 Å². The van der Waals surface area contributed by atoms with Crippen molar-refractivity contribution in [2.75, 3.05) is 0 Å². The van der Waals surface area contributed by atoms with Gasteiger partial charge in [-0.15, -0.1) is 0 Å². The van der Waals surface area contributed by atoms with E-state index in [2.05, 4.69) is 12.2 Å². The Hall–Kier alpha value is -2.35. The molecular weight excluding hydrogens is 300 g/mol. The maximum absolute atomic E-state index is 10.2. The minimum Gasteiger partial charge on any atom is -0.476 e. The van der Waals surface area contributed by atoms with Crippen LogP contribution in [0.1, 0.15) is 37.5 Å². The molecule has 0 saturated heterocycles. The van der Waals surface area contributed by atoms with Crippen molar-refractivity contribution in [1.82, 2.24) is 5.32 Å². The summed E-state index contributed by atoms with van der Waals surface area (Å²) in [4.78, 5) is 0. The zero-order valence-electron chi connectivity index (χ0n) is 14.1. The van der Waals surface area contributed by atoms with Crippen molar-refractivity contribution in [3.63, 3.8) is 0 Å². The Morgan fingerprint density at radius 2 is 1.75 bits per heavy atom. The second-order valence-electron chi connectivity index (χ2n) is 5.98. The lowest BCUT2D eigenvalue weighted by molar-refractivity contribution is 0.154. The van der Waals surface area contributed by atoms with Crippen LogP contribution in [0.25, 0.3) is 0 Å². The first-order chi connectivity index (χ1) is 11.6. The molecule has 0 amide bonds. The molecule has 0 heterocycles. The highest BCUT2D eigenvalue weighted by Gasteiger charge is 2.11. The van der Waals surface area contributed by atoms with Gasteiger partial charge in [0.15, 0.2) is 6.10 Å². The zero-order valence-corrected chi connectivity index (χ0v) is 14.1. The molecule has 4 nitrogen and oxygen atoms in total. The molecule has 2 aromatic rings. The number of hydrogen-bond donors (Lipinski definition) is 2. The maximum atomic E-state index is 10.2. The zero-order chi connectivity index (χ0) is 17.4. The van der Waals surface area contributed by atoms with Crippen molar-refractivity contribution in [1.29, 1.82) is 5.26 Å². The number of rotatable bonds is 8. The minimum absolute atomic E-state index is 0.190. The van der Waals surface area contributed by atoms with Gasteiger partial charge in [-0.25, -0.2) is 0 Å². The lowest BCUT2D eigenvalue weighted by Gasteiger charge is -2.18. The number of ether oxygens (including phenoxy) is 1. The van der Waals surface area contributed by atoms with E-state index >= 15 is 0 Å². The smallest absolute Gasteiger partial charge is 0.181 e. The molecule has 0 radical (unpaired) electrons. The third kappa shape index (κ3) is 5.69. The van der Waals surface area contributed by atoms with Crippen molar-refractivity contribution < 1.29 is 9.84 Å². The first-order valence-corrected chi connectivity index (χ1v) is 8.20. The Kier molecular flexibility index (Phi) is 6.80. The van der Waals surface area contributed by atoms with Crippen molar-refractivity contribution in [3.8, 4) is 11.8 Å². The standard InChI is InChI=1S/C20H24N2O2/c1-15(12-20(23)18-6-4-3-5-7-18)22-14-17-8-10-19(11-9-17)24-16(2)13-21/h3-11,15-16,20,22-23H,12,14H2,1-2H3. The van der Waals surface area contributed by atoms with Crippen molar-refractivity contribution >= 4 is 0 Å². The number of aliphatic hydroxyl groups is 1. The van der Waals surface area contributed by atoms with E-state index in [1.165, 1.54) is 0 Å². The van der Waals surface area contributed by atoms with Gasteiger partial charge in [0, 0.05) is 12.6 Å². The van der Waals surface area contributed by atoms with Crippen molar-refractivity contribution in [2.24, 2.45) is 0 Å². The molecular formula is C20H24N2O2. The Labute approximate surface area is 143 Å². The van der Waals surface area contributed by atoms with Gasteiger partial charge >= 0.3 is 0 Å². The van der Waals surface area contributed by atoms with Crippen LogP contribution < -0.4 is 10.1 Å². The van der Waals surface area contributed by atoms with E-state index in [-0.39, 0.29) is 6.04 Å². The number of benzene rings is 2. The third-order valence-corrected chi connectivity index (χ3v) is 3.83. The van der Waals surface area contributed by atoms with Crippen LogP contribution in [0.15, 0.2) is 54.6 Å². The average Bonchev–Trinajstić information content (AvgIpc) is 2.61. The summed E-state index contributed by atoms with van der Waals surface area (Å²) < 4.78 is 5.43.